The number of methoxy groups -OCH3 is 1. The standard InChI is InChI=1S/C16H28O2/c1-6-13(4)14-7-8-15(16(11-14)17-5)18-10-9-12(2)3/h7-8,11-13,15-16H,6,9-10H2,1-5H3. The molecule has 18 heavy (non-hydrogen) atoms. The van der Waals surface area contributed by atoms with Crippen LogP contribution in [0.25, 0.3) is 0 Å². The first kappa shape index (κ1) is 15.5. The molecule has 1 aliphatic carbocycles. The minimum atomic E-state index is 0.0613. The maximum atomic E-state index is 5.90. The average molecular weight is 252 g/mol. The first-order chi connectivity index (χ1) is 8.58. The maximum absolute atomic E-state index is 5.90. The summed E-state index contributed by atoms with van der Waals surface area (Å²) in [5.74, 6) is 1.28. The van der Waals surface area contributed by atoms with Crippen LogP contribution >= 0.6 is 0 Å². The zero-order chi connectivity index (χ0) is 13.5. The molecule has 2 nitrogen and oxygen atoms in total. The van der Waals surface area contributed by atoms with Crippen LogP contribution in [0.15, 0.2) is 23.8 Å². The Hall–Kier alpha value is -0.600. The molecule has 0 heterocycles. The fourth-order valence-electron chi connectivity index (χ4n) is 2.01. The zero-order valence-corrected chi connectivity index (χ0v) is 12.5. The van der Waals surface area contributed by atoms with Crippen molar-refractivity contribution in [2.75, 3.05) is 13.7 Å². The van der Waals surface area contributed by atoms with Gasteiger partial charge in [0.15, 0.2) is 0 Å². The lowest BCUT2D eigenvalue weighted by Crippen LogP contribution is -2.30. The molecule has 1 rings (SSSR count). The minimum absolute atomic E-state index is 0.0613. The smallest absolute Gasteiger partial charge is 0.106 e. The molecule has 0 N–H and O–H groups in total. The normalized spacial score (nSPS) is 25.3. The van der Waals surface area contributed by atoms with Crippen LogP contribution in [0.2, 0.25) is 0 Å². The van der Waals surface area contributed by atoms with E-state index >= 15 is 0 Å². The third-order valence-corrected chi connectivity index (χ3v) is 3.62. The van der Waals surface area contributed by atoms with E-state index in [1.54, 1.807) is 7.11 Å². The highest BCUT2D eigenvalue weighted by Gasteiger charge is 2.22. The number of rotatable bonds is 7. The lowest BCUT2D eigenvalue weighted by molar-refractivity contribution is -0.0145. The van der Waals surface area contributed by atoms with Gasteiger partial charge in [0, 0.05) is 13.7 Å². The van der Waals surface area contributed by atoms with Crippen LogP contribution in [0.1, 0.15) is 40.5 Å². The Morgan fingerprint density at radius 1 is 1.22 bits per heavy atom. The molecule has 0 aromatic heterocycles. The van der Waals surface area contributed by atoms with Gasteiger partial charge in [-0.25, -0.2) is 0 Å². The molecule has 0 fully saturated rings. The van der Waals surface area contributed by atoms with E-state index in [1.807, 2.05) is 0 Å². The van der Waals surface area contributed by atoms with E-state index in [4.69, 9.17) is 9.47 Å². The molecule has 104 valence electrons. The fourth-order valence-corrected chi connectivity index (χ4v) is 2.01. The van der Waals surface area contributed by atoms with Crippen LogP contribution in [-0.2, 0) is 9.47 Å². The molecule has 0 saturated carbocycles. The second-order valence-electron chi connectivity index (χ2n) is 5.55. The summed E-state index contributed by atoms with van der Waals surface area (Å²) in [5, 5.41) is 0. The van der Waals surface area contributed by atoms with Gasteiger partial charge in [-0.1, -0.05) is 39.8 Å². The van der Waals surface area contributed by atoms with E-state index < -0.39 is 0 Å². The number of hydrogen-bond donors (Lipinski definition) is 0. The van der Waals surface area contributed by atoms with E-state index in [-0.39, 0.29) is 12.2 Å². The molecule has 1 aliphatic rings. The summed E-state index contributed by atoms with van der Waals surface area (Å²) < 4.78 is 11.4. The number of ether oxygens (including phenoxy) is 2. The highest BCUT2D eigenvalue weighted by molar-refractivity contribution is 5.29. The van der Waals surface area contributed by atoms with Crippen molar-refractivity contribution in [1.82, 2.24) is 0 Å². The molecule has 3 unspecified atom stereocenters. The Morgan fingerprint density at radius 2 is 1.94 bits per heavy atom. The van der Waals surface area contributed by atoms with Crippen LogP contribution < -0.4 is 0 Å². The molecule has 0 amide bonds. The van der Waals surface area contributed by atoms with Gasteiger partial charge in [-0.05, 0) is 36.3 Å². The third kappa shape index (κ3) is 4.58. The Morgan fingerprint density at radius 3 is 2.50 bits per heavy atom. The van der Waals surface area contributed by atoms with Crippen LogP contribution in [-0.4, -0.2) is 25.9 Å². The van der Waals surface area contributed by atoms with Crippen molar-refractivity contribution in [3.8, 4) is 0 Å². The highest BCUT2D eigenvalue weighted by Crippen LogP contribution is 2.24. The predicted molar refractivity (Wildman–Crippen MR) is 76.7 cm³/mol. The molecule has 0 saturated heterocycles. The summed E-state index contributed by atoms with van der Waals surface area (Å²) >= 11 is 0. The molecule has 0 spiro atoms. The van der Waals surface area contributed by atoms with E-state index in [0.717, 1.165) is 19.4 Å². The predicted octanol–water partition coefficient (Wildman–Crippen LogP) is 3.98. The van der Waals surface area contributed by atoms with Crippen molar-refractivity contribution < 1.29 is 9.47 Å². The van der Waals surface area contributed by atoms with Gasteiger partial charge < -0.3 is 9.47 Å². The van der Waals surface area contributed by atoms with E-state index in [1.165, 1.54) is 5.57 Å². The molecule has 0 aliphatic heterocycles. The third-order valence-electron chi connectivity index (χ3n) is 3.62. The van der Waals surface area contributed by atoms with E-state index in [9.17, 15) is 0 Å². The van der Waals surface area contributed by atoms with Gasteiger partial charge >= 0.3 is 0 Å². The molecule has 0 radical (unpaired) electrons. The van der Waals surface area contributed by atoms with Crippen molar-refractivity contribution in [2.45, 2.75) is 52.7 Å². The van der Waals surface area contributed by atoms with Crippen molar-refractivity contribution >= 4 is 0 Å². The topological polar surface area (TPSA) is 18.5 Å². The first-order valence-corrected chi connectivity index (χ1v) is 7.12. The summed E-state index contributed by atoms with van der Waals surface area (Å²) in [6, 6.07) is 0. The number of allylic oxidation sites excluding steroid dienone is 2. The highest BCUT2D eigenvalue weighted by atomic mass is 16.5. The van der Waals surface area contributed by atoms with Gasteiger partial charge in [0.1, 0.15) is 12.2 Å². The van der Waals surface area contributed by atoms with Crippen molar-refractivity contribution in [1.29, 1.82) is 0 Å². The minimum Gasteiger partial charge on any atom is -0.374 e. The SMILES string of the molecule is CCC(C)C1=CC(OC)C(OCCC(C)C)C=C1. The molecule has 0 bridgehead atoms. The van der Waals surface area contributed by atoms with Gasteiger partial charge in [0.25, 0.3) is 0 Å². The Labute approximate surface area is 112 Å². The monoisotopic (exact) mass is 252 g/mol. The molecule has 0 aromatic rings. The Kier molecular flexibility index (Phi) is 6.66. The maximum Gasteiger partial charge on any atom is 0.106 e. The van der Waals surface area contributed by atoms with E-state index in [2.05, 4.69) is 45.9 Å². The summed E-state index contributed by atoms with van der Waals surface area (Å²) in [6.45, 7) is 9.71. The van der Waals surface area contributed by atoms with Crippen molar-refractivity contribution in [3.63, 3.8) is 0 Å². The van der Waals surface area contributed by atoms with Gasteiger partial charge in [-0.3, -0.25) is 0 Å². The van der Waals surface area contributed by atoms with E-state index in [0.29, 0.717) is 11.8 Å². The summed E-state index contributed by atoms with van der Waals surface area (Å²) in [7, 11) is 1.76. The average Bonchev–Trinajstić information content (AvgIpc) is 2.37. The molecular formula is C16H28O2. The largest absolute Gasteiger partial charge is 0.374 e. The quantitative estimate of drug-likeness (QED) is 0.682. The van der Waals surface area contributed by atoms with Gasteiger partial charge in [-0.2, -0.15) is 0 Å². The summed E-state index contributed by atoms with van der Waals surface area (Å²) in [4.78, 5) is 0. The van der Waals surface area contributed by atoms with Crippen LogP contribution in [0.5, 0.6) is 0 Å². The Balaban J connectivity index is 2.53. The molecule has 2 heteroatoms. The summed E-state index contributed by atoms with van der Waals surface area (Å²) in [5.41, 5.74) is 1.37. The zero-order valence-electron chi connectivity index (χ0n) is 12.5. The van der Waals surface area contributed by atoms with Gasteiger partial charge in [-0.15, -0.1) is 0 Å². The molecule has 3 atom stereocenters. The van der Waals surface area contributed by atoms with Gasteiger partial charge in [0.2, 0.25) is 0 Å². The fraction of sp³-hybridized carbons (Fsp3) is 0.750. The molecular weight excluding hydrogens is 224 g/mol. The Bertz CT molecular complexity index is 291. The van der Waals surface area contributed by atoms with Crippen molar-refractivity contribution in [2.24, 2.45) is 11.8 Å². The lowest BCUT2D eigenvalue weighted by Gasteiger charge is -2.27. The number of hydrogen-bond acceptors (Lipinski definition) is 2. The lowest BCUT2D eigenvalue weighted by atomic mass is 9.91. The van der Waals surface area contributed by atoms with Gasteiger partial charge in [0.05, 0.1) is 0 Å². The summed E-state index contributed by atoms with van der Waals surface area (Å²) in [6.07, 6.45) is 8.95. The first-order valence-electron chi connectivity index (χ1n) is 7.12. The second kappa shape index (κ2) is 7.75. The van der Waals surface area contributed by atoms with Crippen LogP contribution in [0.4, 0.5) is 0 Å². The van der Waals surface area contributed by atoms with Crippen molar-refractivity contribution in [3.05, 3.63) is 23.8 Å². The van der Waals surface area contributed by atoms with Crippen LogP contribution in [0.3, 0.4) is 0 Å². The molecule has 0 aromatic carbocycles. The second-order valence-corrected chi connectivity index (χ2v) is 5.55. The van der Waals surface area contributed by atoms with Crippen LogP contribution in [0, 0.1) is 11.8 Å².